The monoisotopic (exact) mass is 353 g/mol. The van der Waals surface area contributed by atoms with E-state index in [4.69, 9.17) is 0 Å². The molecule has 0 atom stereocenters. The topological polar surface area (TPSA) is 66.7 Å². The Morgan fingerprint density at radius 1 is 1.08 bits per heavy atom. The van der Waals surface area contributed by atoms with Crippen LogP contribution in [0.2, 0.25) is 0 Å². The summed E-state index contributed by atoms with van der Waals surface area (Å²) in [7, 11) is 0. The molecule has 0 saturated carbocycles. The molecule has 136 valence electrons. The molecular formula is C20H23N3O3. The standard InChI is InChI=1S/C20H23N3O3/c1-3-16-12-19(20(23(25)26)13-17(16)14-24)22-10-8-21(9-11-22)18-7-5-4-6-15(18)2/h4-7,12-14H,3,8-11H2,1-2H3. The van der Waals surface area contributed by atoms with Gasteiger partial charge < -0.3 is 9.80 Å². The number of hydrogen-bond acceptors (Lipinski definition) is 5. The zero-order valence-corrected chi connectivity index (χ0v) is 15.1. The smallest absolute Gasteiger partial charge is 0.293 e. The minimum Gasteiger partial charge on any atom is -0.368 e. The minimum atomic E-state index is -0.393. The van der Waals surface area contributed by atoms with E-state index in [1.807, 2.05) is 25.1 Å². The summed E-state index contributed by atoms with van der Waals surface area (Å²) in [6.07, 6.45) is 1.37. The Bertz CT molecular complexity index is 827. The first-order valence-corrected chi connectivity index (χ1v) is 8.87. The van der Waals surface area contributed by atoms with E-state index >= 15 is 0 Å². The molecule has 0 radical (unpaired) electrons. The Balaban J connectivity index is 1.86. The van der Waals surface area contributed by atoms with Gasteiger partial charge in [-0.05, 0) is 36.6 Å². The van der Waals surface area contributed by atoms with Crippen molar-refractivity contribution in [1.29, 1.82) is 0 Å². The fraction of sp³-hybridized carbons (Fsp3) is 0.350. The Labute approximate surface area is 153 Å². The number of hydrogen-bond donors (Lipinski definition) is 0. The van der Waals surface area contributed by atoms with Crippen molar-refractivity contribution in [3.8, 4) is 0 Å². The molecule has 26 heavy (non-hydrogen) atoms. The average Bonchev–Trinajstić information content (AvgIpc) is 2.67. The third kappa shape index (κ3) is 3.40. The molecule has 2 aromatic rings. The second-order valence-electron chi connectivity index (χ2n) is 6.53. The van der Waals surface area contributed by atoms with E-state index in [0.717, 1.165) is 18.7 Å². The maximum absolute atomic E-state index is 11.5. The van der Waals surface area contributed by atoms with E-state index in [2.05, 4.69) is 28.9 Å². The molecule has 0 N–H and O–H groups in total. The largest absolute Gasteiger partial charge is 0.368 e. The number of aryl methyl sites for hydroxylation is 2. The predicted octanol–water partition coefficient (Wildman–Crippen LogP) is 3.60. The van der Waals surface area contributed by atoms with Crippen molar-refractivity contribution in [2.75, 3.05) is 36.0 Å². The summed E-state index contributed by atoms with van der Waals surface area (Å²) >= 11 is 0. The van der Waals surface area contributed by atoms with Crippen LogP contribution >= 0.6 is 0 Å². The lowest BCUT2D eigenvalue weighted by Crippen LogP contribution is -2.47. The number of aldehydes is 1. The van der Waals surface area contributed by atoms with Crippen molar-refractivity contribution in [2.45, 2.75) is 20.3 Å². The van der Waals surface area contributed by atoms with Crippen LogP contribution in [-0.4, -0.2) is 37.4 Å². The molecule has 2 aromatic carbocycles. The number of nitro benzene ring substituents is 1. The molecule has 6 heteroatoms. The van der Waals surface area contributed by atoms with Crippen LogP contribution in [0.1, 0.15) is 28.4 Å². The maximum atomic E-state index is 11.5. The number of benzene rings is 2. The summed E-state index contributed by atoms with van der Waals surface area (Å²) in [6.45, 7) is 7.07. The van der Waals surface area contributed by atoms with Gasteiger partial charge in [-0.3, -0.25) is 14.9 Å². The Kier molecular flexibility index (Phi) is 5.21. The molecular weight excluding hydrogens is 330 g/mol. The van der Waals surface area contributed by atoms with Crippen LogP contribution in [0.25, 0.3) is 0 Å². The van der Waals surface area contributed by atoms with Crippen molar-refractivity contribution in [3.63, 3.8) is 0 Å². The van der Waals surface area contributed by atoms with Gasteiger partial charge in [0.2, 0.25) is 0 Å². The number of nitro groups is 1. The van der Waals surface area contributed by atoms with E-state index in [1.54, 1.807) is 0 Å². The van der Waals surface area contributed by atoms with Crippen molar-refractivity contribution < 1.29 is 9.72 Å². The van der Waals surface area contributed by atoms with Gasteiger partial charge in [-0.1, -0.05) is 25.1 Å². The Morgan fingerprint density at radius 2 is 1.69 bits per heavy atom. The van der Waals surface area contributed by atoms with Crippen LogP contribution in [0, 0.1) is 17.0 Å². The summed E-state index contributed by atoms with van der Waals surface area (Å²) in [5.41, 5.74) is 4.32. The van der Waals surface area contributed by atoms with Gasteiger partial charge in [0.05, 0.1) is 4.92 Å². The van der Waals surface area contributed by atoms with Crippen LogP contribution in [0.15, 0.2) is 36.4 Å². The number of rotatable bonds is 5. The second kappa shape index (κ2) is 7.56. The first-order valence-electron chi connectivity index (χ1n) is 8.87. The fourth-order valence-corrected chi connectivity index (χ4v) is 3.56. The van der Waals surface area contributed by atoms with Gasteiger partial charge in [0, 0.05) is 43.5 Å². The highest BCUT2D eigenvalue weighted by Gasteiger charge is 2.26. The molecule has 0 aromatic heterocycles. The van der Waals surface area contributed by atoms with Crippen LogP contribution in [0.3, 0.4) is 0 Å². The summed E-state index contributed by atoms with van der Waals surface area (Å²) in [6, 6.07) is 11.5. The summed E-state index contributed by atoms with van der Waals surface area (Å²) in [4.78, 5) is 26.7. The average molecular weight is 353 g/mol. The first kappa shape index (κ1) is 17.9. The third-order valence-corrected chi connectivity index (χ3v) is 5.02. The van der Waals surface area contributed by atoms with Crippen molar-refractivity contribution >= 4 is 23.3 Å². The first-order chi connectivity index (χ1) is 12.5. The molecule has 0 bridgehead atoms. The molecule has 1 aliphatic heterocycles. The van der Waals surface area contributed by atoms with Gasteiger partial charge >= 0.3 is 0 Å². The third-order valence-electron chi connectivity index (χ3n) is 5.02. The summed E-state index contributed by atoms with van der Waals surface area (Å²) < 4.78 is 0. The van der Waals surface area contributed by atoms with Gasteiger partial charge in [0.15, 0.2) is 6.29 Å². The molecule has 0 unspecified atom stereocenters. The maximum Gasteiger partial charge on any atom is 0.293 e. The zero-order valence-electron chi connectivity index (χ0n) is 15.1. The molecule has 0 amide bonds. The second-order valence-corrected chi connectivity index (χ2v) is 6.53. The summed E-state index contributed by atoms with van der Waals surface area (Å²) in [5, 5.41) is 11.5. The van der Waals surface area contributed by atoms with Gasteiger partial charge in [-0.2, -0.15) is 0 Å². The molecule has 0 aliphatic carbocycles. The molecule has 6 nitrogen and oxygen atoms in total. The highest BCUT2D eigenvalue weighted by molar-refractivity contribution is 5.82. The highest BCUT2D eigenvalue weighted by Crippen LogP contribution is 2.33. The number of piperazine rings is 1. The quantitative estimate of drug-likeness (QED) is 0.467. The number of carbonyl (C=O) groups is 1. The SMILES string of the molecule is CCc1cc(N2CCN(c3ccccc3C)CC2)c([N+](=O)[O-])cc1C=O. The van der Waals surface area contributed by atoms with E-state index in [0.29, 0.717) is 37.0 Å². The zero-order chi connectivity index (χ0) is 18.7. The van der Waals surface area contributed by atoms with Gasteiger partial charge in [-0.15, -0.1) is 0 Å². The number of anilines is 2. The molecule has 0 spiro atoms. The van der Waals surface area contributed by atoms with Gasteiger partial charge in [0.1, 0.15) is 5.69 Å². The molecule has 1 saturated heterocycles. The van der Waals surface area contributed by atoms with E-state index < -0.39 is 4.92 Å². The van der Waals surface area contributed by atoms with Crippen molar-refractivity contribution in [1.82, 2.24) is 0 Å². The lowest BCUT2D eigenvalue weighted by Gasteiger charge is -2.37. The van der Waals surface area contributed by atoms with E-state index in [-0.39, 0.29) is 5.69 Å². The van der Waals surface area contributed by atoms with Crippen LogP contribution in [0.4, 0.5) is 17.1 Å². The fourth-order valence-electron chi connectivity index (χ4n) is 3.56. The number of nitrogens with zero attached hydrogens (tertiary/aromatic N) is 3. The van der Waals surface area contributed by atoms with E-state index in [1.165, 1.54) is 17.3 Å². The summed E-state index contributed by atoms with van der Waals surface area (Å²) in [5.74, 6) is 0. The van der Waals surface area contributed by atoms with Gasteiger partial charge in [-0.25, -0.2) is 0 Å². The number of carbonyl (C=O) groups excluding carboxylic acids is 1. The van der Waals surface area contributed by atoms with Gasteiger partial charge in [0.25, 0.3) is 5.69 Å². The Morgan fingerprint density at radius 3 is 2.23 bits per heavy atom. The van der Waals surface area contributed by atoms with Crippen molar-refractivity contribution in [3.05, 3.63) is 63.2 Å². The van der Waals surface area contributed by atoms with Crippen LogP contribution < -0.4 is 9.80 Å². The minimum absolute atomic E-state index is 0.00800. The molecule has 1 heterocycles. The molecule has 1 aliphatic rings. The lowest BCUT2D eigenvalue weighted by atomic mass is 10.0. The van der Waals surface area contributed by atoms with E-state index in [9.17, 15) is 14.9 Å². The van der Waals surface area contributed by atoms with Crippen LogP contribution in [-0.2, 0) is 6.42 Å². The van der Waals surface area contributed by atoms with Crippen LogP contribution in [0.5, 0.6) is 0 Å². The Hall–Kier alpha value is -2.89. The normalized spacial score (nSPS) is 14.4. The lowest BCUT2D eigenvalue weighted by molar-refractivity contribution is -0.384. The molecule has 1 fully saturated rings. The number of para-hydroxylation sites is 1. The van der Waals surface area contributed by atoms with Crippen molar-refractivity contribution in [2.24, 2.45) is 0 Å². The predicted molar refractivity (Wildman–Crippen MR) is 103 cm³/mol. The molecule has 3 rings (SSSR count). The highest BCUT2D eigenvalue weighted by atomic mass is 16.6.